The zero-order valence-corrected chi connectivity index (χ0v) is 11.1. The van der Waals surface area contributed by atoms with Crippen LogP contribution in [-0.2, 0) is 4.74 Å². The van der Waals surface area contributed by atoms with Crippen molar-refractivity contribution >= 4 is 11.7 Å². The number of rotatable bonds is 5. The van der Waals surface area contributed by atoms with Crippen LogP contribution in [0.3, 0.4) is 0 Å². The lowest BCUT2D eigenvalue weighted by Crippen LogP contribution is -2.26. The maximum atomic E-state index is 13.7. The van der Waals surface area contributed by atoms with Crippen molar-refractivity contribution in [2.24, 2.45) is 0 Å². The molecule has 0 radical (unpaired) electrons. The smallest absolute Gasteiger partial charge is 0.342 e. The highest BCUT2D eigenvalue weighted by Crippen LogP contribution is 2.28. The molecule has 1 saturated heterocycles. The van der Waals surface area contributed by atoms with Crippen LogP contribution >= 0.6 is 0 Å². The molecule has 8 heteroatoms. The van der Waals surface area contributed by atoms with Crippen LogP contribution in [0.15, 0.2) is 12.1 Å². The summed E-state index contributed by atoms with van der Waals surface area (Å²) in [5.74, 6) is -2.81. The summed E-state index contributed by atoms with van der Waals surface area (Å²) in [4.78, 5) is 20.8. The van der Waals surface area contributed by atoms with Gasteiger partial charge in [0.15, 0.2) is 11.6 Å². The lowest BCUT2D eigenvalue weighted by Gasteiger charge is -2.22. The highest BCUT2D eigenvalue weighted by molar-refractivity contribution is 5.92. The Kier molecular flexibility index (Phi) is 4.69. The number of carbonyl (C=O) groups is 1. The first-order chi connectivity index (χ1) is 9.99. The molecule has 7 nitrogen and oxygen atoms in total. The van der Waals surface area contributed by atoms with E-state index in [0.717, 1.165) is 25.3 Å². The molecule has 1 atom stereocenters. The Hall–Kier alpha value is -2.22. The van der Waals surface area contributed by atoms with Crippen molar-refractivity contribution in [3.05, 3.63) is 33.6 Å². The van der Waals surface area contributed by atoms with Crippen LogP contribution in [0, 0.1) is 15.9 Å². The van der Waals surface area contributed by atoms with Crippen LogP contribution in [0.4, 0.5) is 10.1 Å². The SMILES string of the molecule is O=C(O)c1cc(OCC2CCCCO2)c(F)cc1[N+](=O)[O-]. The van der Waals surface area contributed by atoms with E-state index >= 15 is 0 Å². The van der Waals surface area contributed by atoms with Gasteiger partial charge in [0.2, 0.25) is 0 Å². The zero-order valence-electron chi connectivity index (χ0n) is 11.1. The zero-order chi connectivity index (χ0) is 15.4. The summed E-state index contributed by atoms with van der Waals surface area (Å²) >= 11 is 0. The fraction of sp³-hybridized carbons (Fsp3) is 0.462. The summed E-state index contributed by atoms with van der Waals surface area (Å²) in [6.07, 6.45) is 2.55. The van der Waals surface area contributed by atoms with E-state index in [0.29, 0.717) is 12.7 Å². The molecule has 1 unspecified atom stereocenters. The number of nitro benzene ring substituents is 1. The second-order valence-electron chi connectivity index (χ2n) is 4.66. The normalized spacial score (nSPS) is 18.2. The molecule has 1 aromatic rings. The first kappa shape index (κ1) is 15.2. The van der Waals surface area contributed by atoms with Gasteiger partial charge >= 0.3 is 5.97 Å². The molecular formula is C13H14FNO6. The number of carboxylic acid groups (broad SMARTS) is 1. The molecule has 114 valence electrons. The van der Waals surface area contributed by atoms with Crippen molar-refractivity contribution in [2.45, 2.75) is 25.4 Å². The lowest BCUT2D eigenvalue weighted by atomic mass is 10.1. The average molecular weight is 299 g/mol. The molecule has 0 bridgehead atoms. The van der Waals surface area contributed by atoms with Gasteiger partial charge in [-0.3, -0.25) is 10.1 Å². The number of aromatic carboxylic acids is 1. The van der Waals surface area contributed by atoms with Crippen molar-refractivity contribution in [2.75, 3.05) is 13.2 Å². The molecule has 1 N–H and O–H groups in total. The summed E-state index contributed by atoms with van der Waals surface area (Å²) in [6, 6.07) is 1.39. The van der Waals surface area contributed by atoms with Crippen molar-refractivity contribution in [1.29, 1.82) is 0 Å². The Morgan fingerprint density at radius 3 is 2.86 bits per heavy atom. The number of nitro groups is 1. The summed E-state index contributed by atoms with van der Waals surface area (Å²) in [6.45, 7) is 0.685. The van der Waals surface area contributed by atoms with Gasteiger partial charge in [-0.15, -0.1) is 0 Å². The fourth-order valence-corrected chi connectivity index (χ4v) is 2.10. The molecule has 1 aromatic carbocycles. The van der Waals surface area contributed by atoms with Crippen LogP contribution in [0.1, 0.15) is 29.6 Å². The highest BCUT2D eigenvalue weighted by Gasteiger charge is 2.24. The molecule has 1 aliphatic heterocycles. The van der Waals surface area contributed by atoms with E-state index in [1.54, 1.807) is 0 Å². The minimum absolute atomic E-state index is 0.0772. The molecule has 0 spiro atoms. The summed E-state index contributed by atoms with van der Waals surface area (Å²) in [5.41, 5.74) is -1.41. The van der Waals surface area contributed by atoms with Gasteiger partial charge in [0.05, 0.1) is 17.1 Å². The third-order valence-electron chi connectivity index (χ3n) is 3.18. The van der Waals surface area contributed by atoms with Gasteiger partial charge in [-0.05, 0) is 19.3 Å². The van der Waals surface area contributed by atoms with Crippen LogP contribution in [0.25, 0.3) is 0 Å². The van der Waals surface area contributed by atoms with Crippen molar-refractivity contribution in [1.82, 2.24) is 0 Å². The molecule has 1 heterocycles. The molecule has 21 heavy (non-hydrogen) atoms. The number of halogens is 1. The molecule has 0 saturated carbocycles. The first-order valence-corrected chi connectivity index (χ1v) is 6.44. The number of hydrogen-bond donors (Lipinski definition) is 1. The van der Waals surface area contributed by atoms with Gasteiger partial charge in [0, 0.05) is 12.7 Å². The van der Waals surface area contributed by atoms with Crippen LogP contribution in [0.5, 0.6) is 5.75 Å². The predicted molar refractivity (Wildman–Crippen MR) is 69.1 cm³/mol. The van der Waals surface area contributed by atoms with E-state index in [-0.39, 0.29) is 18.5 Å². The van der Waals surface area contributed by atoms with Gasteiger partial charge in [-0.1, -0.05) is 0 Å². The van der Waals surface area contributed by atoms with Gasteiger partial charge in [-0.25, -0.2) is 9.18 Å². The van der Waals surface area contributed by atoms with Gasteiger partial charge in [-0.2, -0.15) is 0 Å². The Labute approximate surface area is 119 Å². The van der Waals surface area contributed by atoms with Crippen LogP contribution in [-0.4, -0.2) is 35.3 Å². The standard InChI is InChI=1S/C13H14FNO6/c14-10-6-11(15(18)19)9(13(16)17)5-12(10)21-7-8-3-1-2-4-20-8/h5-6,8H,1-4,7H2,(H,16,17). The second-order valence-corrected chi connectivity index (χ2v) is 4.66. The molecule has 1 fully saturated rings. The van der Waals surface area contributed by atoms with E-state index < -0.39 is 28.0 Å². The van der Waals surface area contributed by atoms with E-state index in [2.05, 4.69) is 0 Å². The van der Waals surface area contributed by atoms with Gasteiger partial charge in [0.25, 0.3) is 5.69 Å². The van der Waals surface area contributed by atoms with E-state index in [1.165, 1.54) is 0 Å². The Morgan fingerprint density at radius 1 is 1.52 bits per heavy atom. The number of ether oxygens (including phenoxy) is 2. The second kappa shape index (κ2) is 6.49. The maximum absolute atomic E-state index is 13.7. The number of benzene rings is 1. The Balaban J connectivity index is 2.17. The fourth-order valence-electron chi connectivity index (χ4n) is 2.10. The highest BCUT2D eigenvalue weighted by atomic mass is 19.1. The summed E-state index contributed by atoms with van der Waals surface area (Å²) in [5, 5.41) is 19.6. The minimum atomic E-state index is -1.51. The third kappa shape index (κ3) is 3.66. The van der Waals surface area contributed by atoms with Crippen molar-refractivity contribution in [3.63, 3.8) is 0 Å². The third-order valence-corrected chi connectivity index (χ3v) is 3.18. The van der Waals surface area contributed by atoms with E-state index in [4.69, 9.17) is 14.6 Å². The minimum Gasteiger partial charge on any atom is -0.488 e. The van der Waals surface area contributed by atoms with Gasteiger partial charge in [0.1, 0.15) is 12.2 Å². The average Bonchev–Trinajstić information content (AvgIpc) is 2.46. The van der Waals surface area contributed by atoms with Crippen LogP contribution < -0.4 is 4.74 Å². The first-order valence-electron chi connectivity index (χ1n) is 6.44. The lowest BCUT2D eigenvalue weighted by molar-refractivity contribution is -0.385. The van der Waals surface area contributed by atoms with Crippen molar-refractivity contribution in [3.8, 4) is 5.75 Å². The predicted octanol–water partition coefficient (Wildman–Crippen LogP) is 2.38. The maximum Gasteiger partial charge on any atom is 0.342 e. The largest absolute Gasteiger partial charge is 0.488 e. The number of nitrogens with zero attached hydrogens (tertiary/aromatic N) is 1. The molecule has 2 rings (SSSR count). The van der Waals surface area contributed by atoms with E-state index in [1.807, 2.05) is 0 Å². The van der Waals surface area contributed by atoms with Crippen molar-refractivity contribution < 1.29 is 28.7 Å². The summed E-state index contributed by atoms with van der Waals surface area (Å²) in [7, 11) is 0. The number of carboxylic acids is 1. The number of hydrogen-bond acceptors (Lipinski definition) is 5. The summed E-state index contributed by atoms with van der Waals surface area (Å²) < 4.78 is 24.4. The Morgan fingerprint density at radius 2 is 2.29 bits per heavy atom. The molecule has 0 aromatic heterocycles. The molecule has 0 amide bonds. The quantitative estimate of drug-likeness (QED) is 0.662. The van der Waals surface area contributed by atoms with Crippen LogP contribution in [0.2, 0.25) is 0 Å². The Bertz CT molecular complexity index is 556. The monoisotopic (exact) mass is 299 g/mol. The van der Waals surface area contributed by atoms with E-state index in [9.17, 15) is 19.3 Å². The molecule has 0 aliphatic carbocycles. The molecule has 1 aliphatic rings. The van der Waals surface area contributed by atoms with Gasteiger partial charge < -0.3 is 14.6 Å². The topological polar surface area (TPSA) is 98.9 Å². The molecular weight excluding hydrogens is 285 g/mol.